The maximum Gasteiger partial charge on any atom is 0.423 e. The van der Waals surface area contributed by atoms with Gasteiger partial charge >= 0.3 is 6.18 Å². The van der Waals surface area contributed by atoms with Crippen molar-refractivity contribution in [2.75, 3.05) is 36.0 Å². The van der Waals surface area contributed by atoms with Crippen LogP contribution >= 0.6 is 0 Å². The molecule has 44 heavy (non-hydrogen) atoms. The third-order valence-corrected chi connectivity index (χ3v) is 9.14. The fourth-order valence-electron chi connectivity index (χ4n) is 6.73. The van der Waals surface area contributed by atoms with Gasteiger partial charge in [0.25, 0.3) is 11.5 Å². The number of ether oxygens (including phenoxy) is 1. The Morgan fingerprint density at radius 1 is 1.00 bits per heavy atom. The molecule has 1 aliphatic carbocycles. The Kier molecular flexibility index (Phi) is 7.28. The number of halogens is 3. The summed E-state index contributed by atoms with van der Waals surface area (Å²) in [6.07, 6.45) is 1.47. The van der Waals surface area contributed by atoms with Crippen molar-refractivity contribution < 1.29 is 27.8 Å². The summed E-state index contributed by atoms with van der Waals surface area (Å²) >= 11 is 0. The van der Waals surface area contributed by atoms with Crippen LogP contribution in [0.4, 0.5) is 24.8 Å². The van der Waals surface area contributed by atoms with Gasteiger partial charge in [-0.2, -0.15) is 18.3 Å². The first-order valence-corrected chi connectivity index (χ1v) is 14.9. The van der Waals surface area contributed by atoms with E-state index in [1.807, 2.05) is 34.5 Å². The molecule has 0 spiro atoms. The number of anilines is 2. The van der Waals surface area contributed by atoms with Crippen LogP contribution in [0.2, 0.25) is 0 Å². The number of hydrogen-bond donors (Lipinski definition) is 2. The van der Waals surface area contributed by atoms with Gasteiger partial charge in [0.15, 0.2) is 0 Å². The number of carbonyl (C=O) groups excluding carboxylic acids is 1. The van der Waals surface area contributed by atoms with Gasteiger partial charge in [-0.25, -0.2) is 15.1 Å². The molecule has 0 radical (unpaired) electrons. The van der Waals surface area contributed by atoms with Crippen molar-refractivity contribution in [3.05, 3.63) is 75.5 Å². The first kappa shape index (κ1) is 28.7. The van der Waals surface area contributed by atoms with Gasteiger partial charge in [0.2, 0.25) is 5.95 Å². The summed E-state index contributed by atoms with van der Waals surface area (Å²) < 4.78 is 47.9. The lowest BCUT2D eigenvalue weighted by Gasteiger charge is -2.40. The van der Waals surface area contributed by atoms with Crippen LogP contribution in [0.3, 0.4) is 0 Å². The van der Waals surface area contributed by atoms with E-state index in [9.17, 15) is 27.9 Å². The van der Waals surface area contributed by atoms with Gasteiger partial charge in [0, 0.05) is 45.0 Å². The average molecular weight is 612 g/mol. The molecule has 2 N–H and O–H groups in total. The van der Waals surface area contributed by atoms with Gasteiger partial charge in [0.1, 0.15) is 11.7 Å². The first-order valence-electron chi connectivity index (χ1n) is 14.9. The Bertz CT molecular complexity index is 1600. The molecule has 232 valence electrons. The number of aromatic nitrogens is 4. The van der Waals surface area contributed by atoms with Gasteiger partial charge in [-0.3, -0.25) is 9.59 Å². The fraction of sp³-hybridized carbons (Fsp3) is 0.500. The highest BCUT2D eigenvalue weighted by Gasteiger charge is 2.44. The molecule has 11 nitrogen and oxygen atoms in total. The fourth-order valence-corrected chi connectivity index (χ4v) is 6.73. The zero-order valence-electron chi connectivity index (χ0n) is 23.8. The van der Waals surface area contributed by atoms with E-state index >= 15 is 0 Å². The zero-order valence-corrected chi connectivity index (χ0v) is 23.8. The van der Waals surface area contributed by atoms with E-state index in [2.05, 4.69) is 15.1 Å². The van der Waals surface area contributed by atoms with Crippen molar-refractivity contribution in [1.29, 1.82) is 0 Å². The number of aliphatic hydroxyl groups excluding tert-OH is 1. The van der Waals surface area contributed by atoms with Gasteiger partial charge < -0.3 is 24.5 Å². The van der Waals surface area contributed by atoms with Crippen LogP contribution in [0.25, 0.3) is 0 Å². The van der Waals surface area contributed by atoms with Crippen molar-refractivity contribution in [2.45, 2.75) is 68.6 Å². The second kappa shape index (κ2) is 11.1. The van der Waals surface area contributed by atoms with Gasteiger partial charge in [-0.15, -0.1) is 0 Å². The van der Waals surface area contributed by atoms with Gasteiger partial charge in [-0.05, 0) is 41.9 Å². The molecule has 4 atom stereocenters. The Labute approximate surface area is 250 Å². The minimum atomic E-state index is -4.89. The van der Waals surface area contributed by atoms with E-state index in [-0.39, 0.29) is 24.7 Å². The molecule has 1 saturated carbocycles. The smallest absolute Gasteiger partial charge is 0.389 e. The Morgan fingerprint density at radius 3 is 2.50 bits per heavy atom. The lowest BCUT2D eigenvalue weighted by Crippen LogP contribution is -2.55. The van der Waals surface area contributed by atoms with Crippen LogP contribution in [0.15, 0.2) is 47.7 Å². The number of carbonyl (C=O) groups is 1. The number of rotatable bonds is 7. The van der Waals surface area contributed by atoms with E-state index in [0.717, 1.165) is 35.7 Å². The third-order valence-electron chi connectivity index (χ3n) is 9.14. The van der Waals surface area contributed by atoms with Crippen LogP contribution in [0.1, 0.15) is 59.9 Å². The van der Waals surface area contributed by atoms with Crippen LogP contribution < -0.4 is 15.4 Å². The maximum atomic E-state index is 13.9. The van der Waals surface area contributed by atoms with Crippen LogP contribution in [-0.4, -0.2) is 80.6 Å². The van der Waals surface area contributed by atoms with E-state index in [1.54, 1.807) is 17.0 Å². The standard InChI is InChI=1S/C30H32F3N7O4/c31-30(32,33)26-22(13-36-37-27(26)42)40-14-18-3-1-2-4-20(18)23(40)16-44-25-8-10-39(28(25)43)21-7-9-38(15-24(21)41)29-34-11-19(12-35-29)17-5-6-17/h1-4,11-13,17,21,23-25,41H,5-10,14-16H2,(H,37,42)/t21-,23-,24-,25-/m1/s1. The van der Waals surface area contributed by atoms with Crippen LogP contribution in [0.5, 0.6) is 0 Å². The van der Waals surface area contributed by atoms with E-state index in [1.165, 1.54) is 4.90 Å². The SMILES string of the molecule is O=C1[C@H](OC[C@@H]2c3ccccc3CN2c2cn[nH]c(=O)c2C(F)(F)F)CCN1[C@@H]1CCN(c2ncc(C3CC3)cn2)C[C@H]1O. The summed E-state index contributed by atoms with van der Waals surface area (Å²) in [5, 5.41) is 16.6. The highest BCUT2D eigenvalue weighted by atomic mass is 19.4. The Morgan fingerprint density at radius 2 is 1.77 bits per heavy atom. The minimum absolute atomic E-state index is 0.0689. The number of likely N-dealkylation sites (tertiary alicyclic amines) is 1. The monoisotopic (exact) mass is 611 g/mol. The molecule has 3 fully saturated rings. The number of aromatic amines is 1. The minimum Gasteiger partial charge on any atom is -0.389 e. The molecular formula is C30H32F3N7O4. The molecule has 7 rings (SSSR count). The van der Waals surface area contributed by atoms with E-state index in [4.69, 9.17) is 4.74 Å². The predicted molar refractivity (Wildman–Crippen MR) is 152 cm³/mol. The van der Waals surface area contributed by atoms with Crippen LogP contribution in [0, 0.1) is 0 Å². The number of fused-ring (bicyclic) bond motifs is 1. The molecule has 1 amide bonds. The summed E-state index contributed by atoms with van der Waals surface area (Å²) in [4.78, 5) is 39.7. The third kappa shape index (κ3) is 5.30. The largest absolute Gasteiger partial charge is 0.423 e. The molecule has 3 aromatic rings. The summed E-state index contributed by atoms with van der Waals surface area (Å²) in [6.45, 7) is 1.34. The normalized spacial score (nSPS) is 25.5. The number of nitrogens with one attached hydrogen (secondary N) is 1. The van der Waals surface area contributed by atoms with E-state index < -0.39 is 41.6 Å². The Hall–Kier alpha value is -4.04. The number of aliphatic hydroxyl groups is 1. The molecule has 1 aromatic carbocycles. The number of β-amino-alcohol motifs (C(OH)–C–C–N with tert-alkyl or cyclic N) is 1. The lowest BCUT2D eigenvalue weighted by molar-refractivity contribution is -0.141. The van der Waals surface area contributed by atoms with E-state index in [0.29, 0.717) is 44.3 Å². The lowest BCUT2D eigenvalue weighted by atomic mass is 10.0. The number of benzene rings is 1. The van der Waals surface area contributed by atoms with Crippen molar-refractivity contribution >= 4 is 17.5 Å². The molecule has 2 aromatic heterocycles. The molecule has 4 aliphatic rings. The average Bonchev–Trinajstić information content (AvgIpc) is 3.70. The summed E-state index contributed by atoms with van der Waals surface area (Å²) in [5.41, 5.74) is -0.284. The van der Waals surface area contributed by atoms with Gasteiger partial charge in [-0.1, -0.05) is 24.3 Å². The molecule has 3 aliphatic heterocycles. The molecule has 0 bridgehead atoms. The quantitative estimate of drug-likeness (QED) is 0.415. The molecule has 0 unspecified atom stereocenters. The molecule has 5 heterocycles. The van der Waals surface area contributed by atoms with Crippen molar-refractivity contribution in [3.63, 3.8) is 0 Å². The molecule has 2 saturated heterocycles. The molecule has 14 heteroatoms. The molecular weight excluding hydrogens is 579 g/mol. The topological polar surface area (TPSA) is 128 Å². The first-order chi connectivity index (χ1) is 21.2. The number of amides is 1. The number of H-pyrrole nitrogens is 1. The Balaban J connectivity index is 1.03. The zero-order chi connectivity index (χ0) is 30.6. The number of nitrogens with zero attached hydrogens (tertiary/aromatic N) is 6. The van der Waals surface area contributed by atoms with Crippen molar-refractivity contribution in [3.8, 4) is 0 Å². The number of piperidine rings is 1. The maximum absolute atomic E-state index is 13.9. The number of hydrogen-bond acceptors (Lipinski definition) is 9. The number of alkyl halides is 3. The summed E-state index contributed by atoms with van der Waals surface area (Å²) in [6, 6.07) is 6.16. The van der Waals surface area contributed by atoms with Gasteiger partial charge in [0.05, 0.1) is 36.7 Å². The van der Waals surface area contributed by atoms with Crippen molar-refractivity contribution in [2.24, 2.45) is 0 Å². The van der Waals surface area contributed by atoms with Crippen LogP contribution in [-0.2, 0) is 22.3 Å². The second-order valence-electron chi connectivity index (χ2n) is 11.9. The second-order valence-corrected chi connectivity index (χ2v) is 11.9. The van der Waals surface area contributed by atoms with Crippen molar-refractivity contribution in [1.82, 2.24) is 25.1 Å². The summed E-state index contributed by atoms with van der Waals surface area (Å²) in [7, 11) is 0. The highest BCUT2D eigenvalue weighted by Crippen LogP contribution is 2.43. The summed E-state index contributed by atoms with van der Waals surface area (Å²) in [5.74, 6) is 0.867. The predicted octanol–water partition coefficient (Wildman–Crippen LogP) is 2.77. The highest BCUT2D eigenvalue weighted by molar-refractivity contribution is 5.83.